The fourth-order valence-electron chi connectivity index (χ4n) is 1.40. The van der Waals surface area contributed by atoms with Crippen LogP contribution in [-0.2, 0) is 16.6 Å². The molecule has 1 heterocycles. The van der Waals surface area contributed by atoms with Crippen molar-refractivity contribution in [1.29, 1.82) is 0 Å². The zero-order chi connectivity index (χ0) is 13.2. The fraction of sp³-hybridized carbons (Fsp3) is 0.182. The molecule has 0 radical (unpaired) electrons. The molecule has 0 spiro atoms. The van der Waals surface area contributed by atoms with Crippen molar-refractivity contribution in [2.45, 2.75) is 18.4 Å². The first-order valence-electron chi connectivity index (χ1n) is 5.25. The third-order valence-corrected chi connectivity index (χ3v) is 3.73. The monoisotopic (exact) mass is 267 g/mol. The normalized spacial score (nSPS) is 11.6. The van der Waals surface area contributed by atoms with E-state index in [1.54, 1.807) is 13.0 Å². The van der Waals surface area contributed by atoms with E-state index in [0.717, 1.165) is 0 Å². The number of aryl methyl sites for hydroxylation is 1. The molecule has 1 aromatic heterocycles. The Bertz CT molecular complexity index is 632. The van der Waals surface area contributed by atoms with E-state index in [2.05, 4.69) is 9.88 Å². The van der Waals surface area contributed by atoms with Crippen LogP contribution in [0.2, 0.25) is 0 Å². The third kappa shape index (κ3) is 2.88. The van der Waals surface area contributed by atoms with Crippen LogP contribution in [0.3, 0.4) is 0 Å². The van der Waals surface area contributed by atoms with Gasteiger partial charge in [-0.05, 0) is 31.2 Å². The Morgan fingerprint density at radius 3 is 2.56 bits per heavy atom. The van der Waals surface area contributed by atoms with E-state index < -0.39 is 10.0 Å². The first-order chi connectivity index (χ1) is 8.47. The molecule has 0 aliphatic heterocycles. The molecule has 1 aromatic carbocycles. The third-order valence-electron chi connectivity index (χ3n) is 2.31. The standard InChI is InChI=1S/C11H13N3O3S/c1-8-6-10(14-17-8)7-13-18(15,16)11-4-2-9(12)3-5-11/h2-6,13H,7,12H2,1H3. The van der Waals surface area contributed by atoms with Gasteiger partial charge in [-0.25, -0.2) is 13.1 Å². The van der Waals surface area contributed by atoms with Crippen LogP contribution in [0.15, 0.2) is 39.8 Å². The smallest absolute Gasteiger partial charge is 0.240 e. The maximum atomic E-state index is 11.9. The quantitative estimate of drug-likeness (QED) is 0.807. The Labute approximate surface area is 105 Å². The number of aromatic nitrogens is 1. The summed E-state index contributed by atoms with van der Waals surface area (Å²) < 4.78 is 31.1. The second-order valence-corrected chi connectivity index (χ2v) is 5.59. The number of hydrogen-bond acceptors (Lipinski definition) is 5. The van der Waals surface area contributed by atoms with Gasteiger partial charge in [0, 0.05) is 11.8 Å². The summed E-state index contributed by atoms with van der Waals surface area (Å²) in [5, 5.41) is 3.70. The van der Waals surface area contributed by atoms with Crippen molar-refractivity contribution in [3.8, 4) is 0 Å². The van der Waals surface area contributed by atoms with Gasteiger partial charge in [0.2, 0.25) is 10.0 Å². The second-order valence-electron chi connectivity index (χ2n) is 3.82. The van der Waals surface area contributed by atoms with Crippen LogP contribution < -0.4 is 10.5 Å². The van der Waals surface area contributed by atoms with Gasteiger partial charge in [0.1, 0.15) is 5.76 Å². The molecule has 0 aliphatic rings. The summed E-state index contributed by atoms with van der Waals surface area (Å²) in [6.07, 6.45) is 0. The molecule has 3 N–H and O–H groups in total. The molecule has 0 saturated heterocycles. The van der Waals surface area contributed by atoms with Gasteiger partial charge in [0.25, 0.3) is 0 Å². The molecule has 0 bridgehead atoms. The minimum Gasteiger partial charge on any atom is -0.399 e. The van der Waals surface area contributed by atoms with Crippen LogP contribution >= 0.6 is 0 Å². The van der Waals surface area contributed by atoms with Gasteiger partial charge < -0.3 is 10.3 Å². The maximum absolute atomic E-state index is 11.9. The summed E-state index contributed by atoms with van der Waals surface area (Å²) in [7, 11) is -3.55. The fourth-order valence-corrected chi connectivity index (χ4v) is 2.40. The maximum Gasteiger partial charge on any atom is 0.240 e. The van der Waals surface area contributed by atoms with Crippen molar-refractivity contribution in [3.63, 3.8) is 0 Å². The number of nitrogens with zero attached hydrogens (tertiary/aromatic N) is 1. The Hall–Kier alpha value is -1.86. The molecule has 2 aromatic rings. The average Bonchev–Trinajstić information content (AvgIpc) is 2.73. The number of sulfonamides is 1. The summed E-state index contributed by atoms with van der Waals surface area (Å²) >= 11 is 0. The van der Waals surface area contributed by atoms with Gasteiger partial charge >= 0.3 is 0 Å². The molecule has 7 heteroatoms. The number of nitrogens with one attached hydrogen (secondary N) is 1. The summed E-state index contributed by atoms with van der Waals surface area (Å²) in [6.45, 7) is 1.83. The summed E-state index contributed by atoms with van der Waals surface area (Å²) in [4.78, 5) is 0.164. The highest BCUT2D eigenvalue weighted by Crippen LogP contribution is 2.12. The predicted molar refractivity (Wildman–Crippen MR) is 66.1 cm³/mol. The topological polar surface area (TPSA) is 98.2 Å². The highest BCUT2D eigenvalue weighted by molar-refractivity contribution is 7.89. The zero-order valence-electron chi connectivity index (χ0n) is 9.75. The Kier molecular flexibility index (Phi) is 3.35. The largest absolute Gasteiger partial charge is 0.399 e. The molecule has 0 aliphatic carbocycles. The van der Waals surface area contributed by atoms with Crippen molar-refractivity contribution in [2.75, 3.05) is 5.73 Å². The van der Waals surface area contributed by atoms with Gasteiger partial charge in [-0.1, -0.05) is 5.16 Å². The van der Waals surface area contributed by atoms with E-state index in [4.69, 9.17) is 10.3 Å². The lowest BCUT2D eigenvalue weighted by Gasteiger charge is -2.05. The van der Waals surface area contributed by atoms with E-state index in [9.17, 15) is 8.42 Å². The van der Waals surface area contributed by atoms with Crippen molar-refractivity contribution < 1.29 is 12.9 Å². The lowest BCUT2D eigenvalue weighted by atomic mass is 10.3. The Morgan fingerprint density at radius 2 is 2.00 bits per heavy atom. The van der Waals surface area contributed by atoms with Crippen LogP contribution in [0.4, 0.5) is 5.69 Å². The van der Waals surface area contributed by atoms with E-state index in [1.165, 1.54) is 24.3 Å². The molecule has 2 rings (SSSR count). The van der Waals surface area contributed by atoms with Crippen LogP contribution in [0.5, 0.6) is 0 Å². The first kappa shape index (κ1) is 12.6. The molecule has 0 amide bonds. The van der Waals surface area contributed by atoms with Gasteiger partial charge in [-0.3, -0.25) is 0 Å². The lowest BCUT2D eigenvalue weighted by molar-refractivity contribution is 0.390. The van der Waals surface area contributed by atoms with E-state index in [0.29, 0.717) is 17.1 Å². The van der Waals surface area contributed by atoms with Crippen LogP contribution in [0, 0.1) is 6.92 Å². The van der Waals surface area contributed by atoms with Crippen molar-refractivity contribution in [1.82, 2.24) is 9.88 Å². The number of anilines is 1. The van der Waals surface area contributed by atoms with Crippen LogP contribution in [0.25, 0.3) is 0 Å². The number of nitrogens with two attached hydrogens (primary N) is 1. The van der Waals surface area contributed by atoms with Crippen molar-refractivity contribution in [3.05, 3.63) is 41.8 Å². The summed E-state index contributed by atoms with van der Waals surface area (Å²) in [5.74, 6) is 0.636. The SMILES string of the molecule is Cc1cc(CNS(=O)(=O)c2ccc(N)cc2)no1. The predicted octanol–water partition coefficient (Wildman–Crippen LogP) is 1.04. The van der Waals surface area contributed by atoms with Gasteiger partial charge in [-0.15, -0.1) is 0 Å². The average molecular weight is 267 g/mol. The number of nitrogen functional groups attached to an aromatic ring is 1. The molecular formula is C11H13N3O3S. The molecule has 96 valence electrons. The minimum atomic E-state index is -3.55. The highest BCUT2D eigenvalue weighted by Gasteiger charge is 2.14. The molecule has 0 saturated carbocycles. The highest BCUT2D eigenvalue weighted by atomic mass is 32.2. The van der Waals surface area contributed by atoms with Gasteiger partial charge in [-0.2, -0.15) is 0 Å². The Morgan fingerprint density at radius 1 is 1.33 bits per heavy atom. The molecule has 0 unspecified atom stereocenters. The number of benzene rings is 1. The van der Waals surface area contributed by atoms with E-state index in [-0.39, 0.29) is 11.4 Å². The van der Waals surface area contributed by atoms with Gasteiger partial charge in [0.15, 0.2) is 0 Å². The molecule has 6 nitrogen and oxygen atoms in total. The van der Waals surface area contributed by atoms with Gasteiger partial charge in [0.05, 0.1) is 17.1 Å². The van der Waals surface area contributed by atoms with Crippen molar-refractivity contribution in [2.24, 2.45) is 0 Å². The summed E-state index contributed by atoms with van der Waals surface area (Å²) in [5.41, 5.74) is 6.55. The minimum absolute atomic E-state index is 0.0874. The Balaban J connectivity index is 2.10. The number of rotatable bonds is 4. The summed E-state index contributed by atoms with van der Waals surface area (Å²) in [6, 6.07) is 7.65. The zero-order valence-corrected chi connectivity index (χ0v) is 10.6. The lowest BCUT2D eigenvalue weighted by Crippen LogP contribution is -2.23. The molecule has 18 heavy (non-hydrogen) atoms. The first-order valence-corrected chi connectivity index (χ1v) is 6.73. The number of hydrogen-bond donors (Lipinski definition) is 2. The molecule has 0 atom stereocenters. The van der Waals surface area contributed by atoms with Crippen molar-refractivity contribution >= 4 is 15.7 Å². The van der Waals surface area contributed by atoms with E-state index >= 15 is 0 Å². The van der Waals surface area contributed by atoms with Crippen LogP contribution in [0.1, 0.15) is 11.5 Å². The second kappa shape index (κ2) is 4.79. The molecule has 0 fully saturated rings. The van der Waals surface area contributed by atoms with E-state index in [1.807, 2.05) is 0 Å². The molecular weight excluding hydrogens is 254 g/mol. The van der Waals surface area contributed by atoms with Crippen LogP contribution in [-0.4, -0.2) is 13.6 Å².